The van der Waals surface area contributed by atoms with Gasteiger partial charge in [-0.05, 0) is 11.6 Å². The number of nitrogens with zero attached hydrogens (tertiary/aromatic N) is 1. The Hall–Kier alpha value is -1.76. The van der Waals surface area contributed by atoms with Crippen molar-refractivity contribution in [3.63, 3.8) is 0 Å². The maximum Gasteiger partial charge on any atom is 0.340 e. The lowest BCUT2D eigenvalue weighted by molar-refractivity contribution is 0.0586. The van der Waals surface area contributed by atoms with Gasteiger partial charge in [-0.2, -0.15) is 0 Å². The van der Waals surface area contributed by atoms with E-state index in [0.717, 1.165) is 7.11 Å². The third-order valence-corrected chi connectivity index (χ3v) is 1.97. The van der Waals surface area contributed by atoms with Gasteiger partial charge in [0.15, 0.2) is 0 Å². The van der Waals surface area contributed by atoms with E-state index < -0.39 is 18.1 Å². The molecule has 0 atom stereocenters. The first kappa shape index (κ1) is 12.3. The average molecular weight is 231 g/mol. The number of carbonyl (C=O) groups excluding carboxylic acids is 1. The van der Waals surface area contributed by atoms with Crippen molar-refractivity contribution in [2.75, 3.05) is 12.8 Å². The van der Waals surface area contributed by atoms with Gasteiger partial charge in [-0.15, -0.1) is 0 Å². The molecule has 88 valence electrons. The van der Waals surface area contributed by atoms with Crippen molar-refractivity contribution in [2.45, 2.75) is 13.0 Å². The molecule has 1 heterocycles. The Bertz CT molecular complexity index is 410. The van der Waals surface area contributed by atoms with Crippen LogP contribution in [0.4, 0.5) is 14.6 Å². The molecular formula is C9H11F2N3O2. The molecule has 5 nitrogen and oxygen atoms in total. The number of nitrogens with two attached hydrogens (primary N) is 2. The number of rotatable bonds is 3. The summed E-state index contributed by atoms with van der Waals surface area (Å²) in [6.45, 7) is -0.100. The van der Waals surface area contributed by atoms with Crippen molar-refractivity contribution in [3.8, 4) is 0 Å². The maximum atomic E-state index is 12.7. The summed E-state index contributed by atoms with van der Waals surface area (Å²) in [7, 11) is 1.09. The standard InChI is InChI=1S/C9H11F2N3O2/c1-16-9(15)6-4(3-12)2-5(13)14-7(6)8(10)11/h2,8H,3,12H2,1H3,(H2,13,14). The fourth-order valence-electron chi connectivity index (χ4n) is 1.30. The third kappa shape index (κ3) is 2.25. The molecule has 1 aromatic rings. The summed E-state index contributed by atoms with van der Waals surface area (Å²) in [6.07, 6.45) is -2.91. The summed E-state index contributed by atoms with van der Waals surface area (Å²) >= 11 is 0. The summed E-state index contributed by atoms with van der Waals surface area (Å²) in [5.74, 6) is -1.01. The second-order valence-electron chi connectivity index (χ2n) is 2.96. The van der Waals surface area contributed by atoms with E-state index >= 15 is 0 Å². The van der Waals surface area contributed by atoms with Crippen LogP contribution in [0.1, 0.15) is 28.0 Å². The van der Waals surface area contributed by atoms with Crippen molar-refractivity contribution in [3.05, 3.63) is 22.9 Å². The first-order valence-electron chi connectivity index (χ1n) is 4.37. The highest BCUT2D eigenvalue weighted by atomic mass is 19.3. The molecule has 1 aromatic heterocycles. The zero-order valence-electron chi connectivity index (χ0n) is 8.54. The quantitative estimate of drug-likeness (QED) is 0.752. The van der Waals surface area contributed by atoms with Crippen molar-refractivity contribution in [1.29, 1.82) is 0 Å². The number of nitrogen functional groups attached to an aromatic ring is 1. The molecule has 0 fully saturated rings. The molecule has 4 N–H and O–H groups in total. The monoisotopic (exact) mass is 231 g/mol. The molecule has 7 heteroatoms. The van der Waals surface area contributed by atoms with Crippen LogP contribution in [0, 0.1) is 0 Å². The van der Waals surface area contributed by atoms with Gasteiger partial charge in [0.1, 0.15) is 11.5 Å². The maximum absolute atomic E-state index is 12.7. The smallest absolute Gasteiger partial charge is 0.340 e. The van der Waals surface area contributed by atoms with E-state index in [1.54, 1.807) is 0 Å². The van der Waals surface area contributed by atoms with Crippen LogP contribution in [-0.4, -0.2) is 18.1 Å². The molecule has 0 radical (unpaired) electrons. The lowest BCUT2D eigenvalue weighted by Gasteiger charge is -2.11. The van der Waals surface area contributed by atoms with Gasteiger partial charge in [0.2, 0.25) is 0 Å². The van der Waals surface area contributed by atoms with Crippen molar-refractivity contribution in [2.24, 2.45) is 5.73 Å². The molecule has 1 rings (SSSR count). The molecule has 0 saturated carbocycles. The van der Waals surface area contributed by atoms with E-state index in [1.807, 2.05) is 0 Å². The Kier molecular flexibility index (Phi) is 3.73. The molecule has 0 aliphatic carbocycles. The Labute approximate surface area is 90.4 Å². The number of halogens is 2. The topological polar surface area (TPSA) is 91.2 Å². The summed E-state index contributed by atoms with van der Waals surface area (Å²) < 4.78 is 29.7. The van der Waals surface area contributed by atoms with Crippen molar-refractivity contribution in [1.82, 2.24) is 4.98 Å². The Morgan fingerprint density at radius 1 is 1.62 bits per heavy atom. The predicted octanol–water partition coefficient (Wildman–Crippen LogP) is 0.847. The molecule has 0 saturated heterocycles. The van der Waals surface area contributed by atoms with Gasteiger partial charge >= 0.3 is 5.97 Å². The fraction of sp³-hybridized carbons (Fsp3) is 0.333. The Balaban J connectivity index is 3.45. The number of ether oxygens (including phenoxy) is 1. The van der Waals surface area contributed by atoms with Crippen LogP contribution in [-0.2, 0) is 11.3 Å². The van der Waals surface area contributed by atoms with Gasteiger partial charge < -0.3 is 16.2 Å². The van der Waals surface area contributed by atoms with Crippen LogP contribution in [0.25, 0.3) is 0 Å². The lowest BCUT2D eigenvalue weighted by atomic mass is 10.1. The molecule has 0 amide bonds. The second-order valence-corrected chi connectivity index (χ2v) is 2.96. The number of alkyl halides is 2. The molecule has 0 aromatic carbocycles. The first-order valence-corrected chi connectivity index (χ1v) is 4.37. The lowest BCUT2D eigenvalue weighted by Crippen LogP contribution is -2.15. The highest BCUT2D eigenvalue weighted by Gasteiger charge is 2.24. The van der Waals surface area contributed by atoms with E-state index in [9.17, 15) is 13.6 Å². The number of hydrogen-bond acceptors (Lipinski definition) is 5. The van der Waals surface area contributed by atoms with Crippen LogP contribution in [0.3, 0.4) is 0 Å². The van der Waals surface area contributed by atoms with Crippen LogP contribution in [0.2, 0.25) is 0 Å². The third-order valence-electron chi connectivity index (χ3n) is 1.97. The van der Waals surface area contributed by atoms with Crippen LogP contribution in [0.15, 0.2) is 6.07 Å². The van der Waals surface area contributed by atoms with E-state index in [2.05, 4.69) is 9.72 Å². The van der Waals surface area contributed by atoms with E-state index in [-0.39, 0.29) is 23.5 Å². The molecule has 0 unspecified atom stereocenters. The van der Waals surface area contributed by atoms with Crippen LogP contribution >= 0.6 is 0 Å². The zero-order chi connectivity index (χ0) is 12.3. The van der Waals surface area contributed by atoms with Crippen molar-refractivity contribution < 1.29 is 18.3 Å². The highest BCUT2D eigenvalue weighted by Crippen LogP contribution is 2.25. The van der Waals surface area contributed by atoms with Gasteiger partial charge in [0.25, 0.3) is 6.43 Å². The normalized spacial score (nSPS) is 10.6. The molecule has 0 aliphatic rings. The van der Waals surface area contributed by atoms with E-state index in [4.69, 9.17) is 11.5 Å². The van der Waals surface area contributed by atoms with E-state index in [0.29, 0.717) is 0 Å². The number of hydrogen-bond donors (Lipinski definition) is 2. The number of anilines is 1. The number of esters is 1. The summed E-state index contributed by atoms with van der Waals surface area (Å²) in [4.78, 5) is 14.8. The minimum absolute atomic E-state index is 0.100. The highest BCUT2D eigenvalue weighted by molar-refractivity contribution is 5.92. The number of methoxy groups -OCH3 is 1. The van der Waals surface area contributed by atoms with Gasteiger partial charge in [0, 0.05) is 6.54 Å². The summed E-state index contributed by atoms with van der Waals surface area (Å²) in [6, 6.07) is 1.28. The predicted molar refractivity (Wildman–Crippen MR) is 52.8 cm³/mol. The van der Waals surface area contributed by atoms with Crippen LogP contribution < -0.4 is 11.5 Å². The molecule has 0 spiro atoms. The summed E-state index contributed by atoms with van der Waals surface area (Å²) in [5.41, 5.74) is 9.85. The van der Waals surface area contributed by atoms with Gasteiger partial charge in [-0.25, -0.2) is 18.6 Å². The van der Waals surface area contributed by atoms with E-state index in [1.165, 1.54) is 6.07 Å². The largest absolute Gasteiger partial charge is 0.465 e. The molecule has 0 bridgehead atoms. The first-order chi connectivity index (χ1) is 7.51. The van der Waals surface area contributed by atoms with Crippen molar-refractivity contribution >= 4 is 11.8 Å². The molecule has 0 aliphatic heterocycles. The molecule has 16 heavy (non-hydrogen) atoms. The average Bonchev–Trinajstić information content (AvgIpc) is 2.26. The van der Waals surface area contributed by atoms with Crippen LogP contribution in [0.5, 0.6) is 0 Å². The zero-order valence-corrected chi connectivity index (χ0v) is 8.54. The van der Waals surface area contributed by atoms with Gasteiger partial charge in [-0.3, -0.25) is 0 Å². The number of aromatic nitrogens is 1. The van der Waals surface area contributed by atoms with Gasteiger partial charge in [-0.1, -0.05) is 0 Å². The fourth-order valence-corrected chi connectivity index (χ4v) is 1.30. The number of pyridine rings is 1. The number of carbonyl (C=O) groups is 1. The minimum atomic E-state index is -2.91. The Morgan fingerprint density at radius 3 is 2.69 bits per heavy atom. The Morgan fingerprint density at radius 2 is 2.25 bits per heavy atom. The summed E-state index contributed by atoms with van der Waals surface area (Å²) in [5, 5.41) is 0. The van der Waals surface area contributed by atoms with Gasteiger partial charge in [0.05, 0.1) is 12.7 Å². The second kappa shape index (κ2) is 4.84. The SMILES string of the molecule is COC(=O)c1c(CN)cc(N)nc1C(F)F. The molecular weight excluding hydrogens is 220 g/mol. The minimum Gasteiger partial charge on any atom is -0.465 e.